The van der Waals surface area contributed by atoms with E-state index in [9.17, 15) is 5.26 Å². The first kappa shape index (κ1) is 13.0. The molecule has 0 spiro atoms. The summed E-state index contributed by atoms with van der Waals surface area (Å²) in [6, 6.07) is 8.77. The molecule has 2 heteroatoms. The third-order valence-corrected chi connectivity index (χ3v) is 4.30. The van der Waals surface area contributed by atoms with Gasteiger partial charge in [-0.1, -0.05) is 19.1 Å². The van der Waals surface area contributed by atoms with Crippen LogP contribution < -0.4 is 4.74 Å². The van der Waals surface area contributed by atoms with E-state index in [4.69, 9.17) is 4.74 Å². The Kier molecular flexibility index (Phi) is 3.61. The van der Waals surface area contributed by atoms with Gasteiger partial charge in [0.1, 0.15) is 5.75 Å². The largest absolute Gasteiger partial charge is 0.496 e. The molecule has 1 aromatic carbocycles. The van der Waals surface area contributed by atoms with E-state index in [1.807, 2.05) is 6.92 Å². The van der Waals surface area contributed by atoms with Crippen molar-refractivity contribution in [2.24, 2.45) is 5.92 Å². The third-order valence-electron chi connectivity index (χ3n) is 4.30. The second-order valence-electron chi connectivity index (χ2n) is 5.56. The van der Waals surface area contributed by atoms with E-state index in [2.05, 4.69) is 31.2 Å². The van der Waals surface area contributed by atoms with Gasteiger partial charge in [-0.05, 0) is 55.7 Å². The van der Waals surface area contributed by atoms with E-state index < -0.39 is 0 Å². The van der Waals surface area contributed by atoms with Gasteiger partial charge in [0.05, 0.1) is 18.6 Å². The standard InChI is InChI=1S/C16H21NO/c1-12-6-8-16(11-17,9-7-12)14-5-4-13(2)15(10-14)18-3/h4-5,10,12H,6-9H2,1-3H3. The molecule has 0 aromatic heterocycles. The van der Waals surface area contributed by atoms with Crippen LogP contribution in [-0.4, -0.2) is 7.11 Å². The first-order chi connectivity index (χ1) is 8.61. The van der Waals surface area contributed by atoms with Gasteiger partial charge in [0.15, 0.2) is 0 Å². The number of methoxy groups -OCH3 is 1. The third kappa shape index (κ3) is 2.22. The Morgan fingerprint density at radius 2 is 2.00 bits per heavy atom. The van der Waals surface area contributed by atoms with E-state index in [1.54, 1.807) is 7.11 Å². The van der Waals surface area contributed by atoms with Crippen molar-refractivity contribution in [2.45, 2.75) is 44.9 Å². The van der Waals surface area contributed by atoms with Crippen molar-refractivity contribution < 1.29 is 4.74 Å². The minimum atomic E-state index is -0.298. The van der Waals surface area contributed by atoms with Crippen LogP contribution in [0, 0.1) is 24.2 Å². The molecule has 0 atom stereocenters. The predicted molar refractivity (Wildman–Crippen MR) is 72.7 cm³/mol. The maximum absolute atomic E-state index is 9.62. The number of hydrogen-bond acceptors (Lipinski definition) is 2. The molecule has 1 saturated carbocycles. The molecule has 0 amide bonds. The zero-order valence-corrected chi connectivity index (χ0v) is 11.5. The molecule has 2 rings (SSSR count). The van der Waals surface area contributed by atoms with Crippen LogP contribution in [0.15, 0.2) is 18.2 Å². The molecule has 0 unspecified atom stereocenters. The molecule has 1 aromatic rings. The number of hydrogen-bond donors (Lipinski definition) is 0. The predicted octanol–water partition coefficient (Wildman–Crippen LogP) is 3.98. The second-order valence-corrected chi connectivity index (χ2v) is 5.56. The van der Waals surface area contributed by atoms with Crippen molar-refractivity contribution in [1.82, 2.24) is 0 Å². The number of nitriles is 1. The molecule has 0 bridgehead atoms. The monoisotopic (exact) mass is 243 g/mol. The SMILES string of the molecule is COc1cc(C2(C#N)CCC(C)CC2)ccc1C. The van der Waals surface area contributed by atoms with E-state index >= 15 is 0 Å². The Labute approximate surface area is 110 Å². The average molecular weight is 243 g/mol. The fraction of sp³-hybridized carbons (Fsp3) is 0.562. The van der Waals surface area contributed by atoms with Gasteiger partial charge in [0.25, 0.3) is 0 Å². The van der Waals surface area contributed by atoms with Gasteiger partial charge in [-0.25, -0.2) is 0 Å². The van der Waals surface area contributed by atoms with Gasteiger partial charge in [0, 0.05) is 0 Å². The molecule has 0 aliphatic heterocycles. The first-order valence-corrected chi connectivity index (χ1v) is 6.67. The molecule has 96 valence electrons. The van der Waals surface area contributed by atoms with Gasteiger partial charge in [-0.3, -0.25) is 0 Å². The number of nitrogens with zero attached hydrogens (tertiary/aromatic N) is 1. The summed E-state index contributed by atoms with van der Waals surface area (Å²) in [5.74, 6) is 1.64. The molecular formula is C16H21NO. The summed E-state index contributed by atoms with van der Waals surface area (Å²) >= 11 is 0. The number of benzene rings is 1. The van der Waals surface area contributed by atoms with Gasteiger partial charge < -0.3 is 4.74 Å². The maximum Gasteiger partial charge on any atom is 0.122 e. The van der Waals surface area contributed by atoms with Crippen LogP contribution in [-0.2, 0) is 5.41 Å². The maximum atomic E-state index is 9.62. The fourth-order valence-corrected chi connectivity index (χ4v) is 2.84. The highest BCUT2D eigenvalue weighted by molar-refractivity contribution is 5.43. The summed E-state index contributed by atoms with van der Waals surface area (Å²) in [4.78, 5) is 0. The summed E-state index contributed by atoms with van der Waals surface area (Å²) in [6.07, 6.45) is 4.22. The van der Waals surface area contributed by atoms with E-state index in [-0.39, 0.29) is 5.41 Å². The lowest BCUT2D eigenvalue weighted by Crippen LogP contribution is -2.29. The summed E-state index contributed by atoms with van der Waals surface area (Å²) in [5, 5.41) is 9.62. The van der Waals surface area contributed by atoms with Crippen LogP contribution in [0.1, 0.15) is 43.7 Å². The lowest BCUT2D eigenvalue weighted by Gasteiger charge is -2.34. The molecule has 18 heavy (non-hydrogen) atoms. The lowest BCUT2D eigenvalue weighted by atomic mass is 9.68. The van der Waals surface area contributed by atoms with Crippen molar-refractivity contribution in [2.75, 3.05) is 7.11 Å². The quantitative estimate of drug-likeness (QED) is 0.787. The van der Waals surface area contributed by atoms with E-state index in [0.717, 1.165) is 48.5 Å². The summed E-state index contributed by atoms with van der Waals surface area (Å²) in [7, 11) is 1.69. The fourth-order valence-electron chi connectivity index (χ4n) is 2.84. The average Bonchev–Trinajstić information content (AvgIpc) is 2.41. The Morgan fingerprint density at radius 3 is 2.56 bits per heavy atom. The highest BCUT2D eigenvalue weighted by atomic mass is 16.5. The van der Waals surface area contributed by atoms with Gasteiger partial charge in [-0.2, -0.15) is 5.26 Å². The molecule has 2 nitrogen and oxygen atoms in total. The zero-order chi connectivity index (χ0) is 13.2. The Morgan fingerprint density at radius 1 is 1.33 bits per heavy atom. The molecule has 0 heterocycles. The summed E-state index contributed by atoms with van der Waals surface area (Å²) in [5.41, 5.74) is 1.95. The molecule has 0 radical (unpaired) electrons. The van der Waals surface area contributed by atoms with E-state index in [1.165, 1.54) is 0 Å². The molecule has 0 N–H and O–H groups in total. The molecule has 0 saturated heterocycles. The molecule has 1 aliphatic rings. The van der Waals surface area contributed by atoms with Crippen LogP contribution in [0.3, 0.4) is 0 Å². The Hall–Kier alpha value is -1.49. The van der Waals surface area contributed by atoms with Crippen LogP contribution in [0.25, 0.3) is 0 Å². The smallest absolute Gasteiger partial charge is 0.122 e. The topological polar surface area (TPSA) is 33.0 Å². The Balaban J connectivity index is 2.36. The van der Waals surface area contributed by atoms with Gasteiger partial charge in [0.2, 0.25) is 0 Å². The van der Waals surface area contributed by atoms with Crippen molar-refractivity contribution in [3.8, 4) is 11.8 Å². The van der Waals surface area contributed by atoms with Crippen LogP contribution in [0.5, 0.6) is 5.75 Å². The zero-order valence-electron chi connectivity index (χ0n) is 11.5. The first-order valence-electron chi connectivity index (χ1n) is 6.67. The van der Waals surface area contributed by atoms with Crippen LogP contribution >= 0.6 is 0 Å². The van der Waals surface area contributed by atoms with Crippen LogP contribution in [0.4, 0.5) is 0 Å². The number of aryl methyl sites for hydroxylation is 1. The van der Waals surface area contributed by atoms with E-state index in [0.29, 0.717) is 0 Å². The number of ether oxygens (including phenoxy) is 1. The highest BCUT2D eigenvalue weighted by Crippen LogP contribution is 2.42. The van der Waals surface area contributed by atoms with Crippen molar-refractivity contribution >= 4 is 0 Å². The van der Waals surface area contributed by atoms with Gasteiger partial charge >= 0.3 is 0 Å². The molecule has 1 aliphatic carbocycles. The Bertz CT molecular complexity index is 464. The summed E-state index contributed by atoms with van der Waals surface area (Å²) < 4.78 is 5.38. The van der Waals surface area contributed by atoms with Crippen molar-refractivity contribution in [1.29, 1.82) is 5.26 Å². The van der Waals surface area contributed by atoms with Gasteiger partial charge in [-0.15, -0.1) is 0 Å². The van der Waals surface area contributed by atoms with Crippen LogP contribution in [0.2, 0.25) is 0 Å². The highest BCUT2D eigenvalue weighted by Gasteiger charge is 2.36. The number of rotatable bonds is 2. The lowest BCUT2D eigenvalue weighted by molar-refractivity contribution is 0.293. The second kappa shape index (κ2) is 5.02. The van der Waals surface area contributed by atoms with Crippen molar-refractivity contribution in [3.05, 3.63) is 29.3 Å². The normalized spacial score (nSPS) is 27.6. The van der Waals surface area contributed by atoms with Crippen molar-refractivity contribution in [3.63, 3.8) is 0 Å². The minimum absolute atomic E-state index is 0.298. The summed E-state index contributed by atoms with van der Waals surface area (Å²) in [6.45, 7) is 4.31. The molecular weight excluding hydrogens is 222 g/mol. The molecule has 1 fully saturated rings. The minimum Gasteiger partial charge on any atom is -0.496 e.